The molecular weight excluding hydrogens is 372 g/mol. The number of hydrogen-bond donors (Lipinski definition) is 0. The zero-order valence-corrected chi connectivity index (χ0v) is 15.9. The fourth-order valence-electron chi connectivity index (χ4n) is 3.28. The van der Waals surface area contributed by atoms with Crippen LogP contribution in [0.15, 0.2) is 48.5 Å². The first-order chi connectivity index (χ1) is 12.6. The number of nitrogens with zero attached hydrogens (tertiary/aromatic N) is 1. The summed E-state index contributed by atoms with van der Waals surface area (Å²) in [5, 5.41) is 0. The summed E-state index contributed by atoms with van der Waals surface area (Å²) < 4.78 is 31.4. The molecule has 0 aromatic heterocycles. The number of ether oxygens (including phenoxy) is 1. The summed E-state index contributed by atoms with van der Waals surface area (Å²) in [6.45, 7) is 3.26. The Bertz CT molecular complexity index is 714. The molecule has 1 fully saturated rings. The maximum absolute atomic E-state index is 13.0. The Morgan fingerprint density at radius 3 is 2.11 bits per heavy atom. The second-order valence-electron chi connectivity index (χ2n) is 6.64. The molecule has 1 saturated heterocycles. The molecule has 0 unspecified atom stereocenters. The predicted octanol–water partition coefficient (Wildman–Crippen LogP) is 4.75. The molecule has 27 heavy (non-hydrogen) atoms. The van der Waals surface area contributed by atoms with Crippen LogP contribution < -0.4 is 4.74 Å². The highest BCUT2D eigenvalue weighted by atomic mass is 35.5. The van der Waals surface area contributed by atoms with Crippen molar-refractivity contribution in [2.75, 3.05) is 26.2 Å². The lowest BCUT2D eigenvalue weighted by molar-refractivity contribution is 0.0835. The highest BCUT2D eigenvalue weighted by molar-refractivity contribution is 5.97. The zero-order valence-electron chi connectivity index (χ0n) is 15.1. The number of likely N-dealkylation sites (tertiary alicyclic amines) is 1. The average Bonchev–Trinajstić information content (AvgIpc) is 2.67. The second-order valence-corrected chi connectivity index (χ2v) is 6.64. The number of carbonyl (C=O) groups is 1. The van der Waals surface area contributed by atoms with Crippen molar-refractivity contribution >= 4 is 18.2 Å². The third-order valence-corrected chi connectivity index (χ3v) is 4.79. The molecule has 1 aliphatic rings. The van der Waals surface area contributed by atoms with E-state index in [1.807, 2.05) is 0 Å². The summed E-state index contributed by atoms with van der Waals surface area (Å²) in [5.41, 5.74) is 0.595. The van der Waals surface area contributed by atoms with Crippen molar-refractivity contribution in [2.45, 2.75) is 19.3 Å². The number of rotatable bonds is 7. The van der Waals surface area contributed by atoms with Crippen molar-refractivity contribution in [3.8, 4) is 5.75 Å². The molecule has 0 saturated carbocycles. The summed E-state index contributed by atoms with van der Waals surface area (Å²) in [4.78, 5) is 14.8. The minimum Gasteiger partial charge on any atom is -0.494 e. The van der Waals surface area contributed by atoms with Gasteiger partial charge in [-0.15, -0.1) is 12.4 Å². The smallest absolute Gasteiger partial charge is 0.166 e. The van der Waals surface area contributed by atoms with Crippen LogP contribution in [0.4, 0.5) is 8.78 Å². The quantitative estimate of drug-likeness (QED) is 0.500. The largest absolute Gasteiger partial charge is 0.494 e. The molecule has 3 nitrogen and oxygen atoms in total. The first-order valence-electron chi connectivity index (χ1n) is 9.02. The molecule has 0 radical (unpaired) electrons. The highest BCUT2D eigenvalue weighted by Crippen LogP contribution is 2.22. The normalized spacial score (nSPS) is 15.2. The molecule has 6 heteroatoms. The van der Waals surface area contributed by atoms with E-state index >= 15 is 0 Å². The molecule has 0 N–H and O–H groups in total. The summed E-state index contributed by atoms with van der Waals surface area (Å²) >= 11 is 0. The van der Waals surface area contributed by atoms with Gasteiger partial charge in [-0.05, 0) is 80.9 Å². The molecule has 1 heterocycles. The Balaban J connectivity index is 0.00000261. The number of ketones is 1. The average molecular weight is 396 g/mol. The van der Waals surface area contributed by atoms with Crippen LogP contribution in [0.2, 0.25) is 0 Å². The maximum Gasteiger partial charge on any atom is 0.166 e. The first kappa shape index (κ1) is 21.3. The summed E-state index contributed by atoms with van der Waals surface area (Å²) in [5.74, 6) is 0.223. The van der Waals surface area contributed by atoms with Crippen LogP contribution in [-0.4, -0.2) is 36.9 Å². The molecule has 0 aliphatic carbocycles. The Labute approximate surface area is 164 Å². The third-order valence-electron chi connectivity index (χ3n) is 4.79. The van der Waals surface area contributed by atoms with Crippen LogP contribution in [0.5, 0.6) is 5.75 Å². The van der Waals surface area contributed by atoms with Gasteiger partial charge in [0.15, 0.2) is 5.78 Å². The minimum atomic E-state index is -0.320. The molecule has 0 atom stereocenters. The molecule has 0 spiro atoms. The van der Waals surface area contributed by atoms with Crippen LogP contribution in [0.1, 0.15) is 29.6 Å². The summed E-state index contributed by atoms with van der Waals surface area (Å²) in [6, 6.07) is 11.8. The van der Waals surface area contributed by atoms with Crippen molar-refractivity contribution in [3.63, 3.8) is 0 Å². The third kappa shape index (κ3) is 6.29. The molecule has 1 aliphatic heterocycles. The Hall–Kier alpha value is -1.98. The van der Waals surface area contributed by atoms with Gasteiger partial charge in [-0.3, -0.25) is 4.79 Å². The van der Waals surface area contributed by atoms with Crippen molar-refractivity contribution in [1.29, 1.82) is 0 Å². The van der Waals surface area contributed by atoms with E-state index < -0.39 is 0 Å². The van der Waals surface area contributed by atoms with Crippen LogP contribution in [0, 0.1) is 17.6 Å². The number of Topliss-reactive ketones (excluding diaryl/α,β-unsaturated/α-hetero) is 1. The lowest BCUT2D eigenvalue weighted by Gasteiger charge is -2.31. The molecule has 146 valence electrons. The summed E-state index contributed by atoms with van der Waals surface area (Å²) in [7, 11) is 0. The lowest BCUT2D eigenvalue weighted by Crippen LogP contribution is -2.37. The number of hydrogen-bond acceptors (Lipinski definition) is 3. The standard InChI is InChI=1S/C21H23F2NO2.ClH/c22-18-4-2-16(3-5-18)21(25)17-10-13-24(14-11-17)12-1-15-26-20-8-6-19(23)7-9-20;/h2-9,17H,1,10-15H2;1H. The van der Waals surface area contributed by atoms with E-state index in [1.54, 1.807) is 24.3 Å². The van der Waals surface area contributed by atoms with Crippen LogP contribution in [0.3, 0.4) is 0 Å². The van der Waals surface area contributed by atoms with Gasteiger partial charge in [-0.25, -0.2) is 8.78 Å². The van der Waals surface area contributed by atoms with E-state index in [9.17, 15) is 13.6 Å². The Morgan fingerprint density at radius 1 is 0.963 bits per heavy atom. The fourth-order valence-corrected chi connectivity index (χ4v) is 3.28. The van der Waals surface area contributed by atoms with Crippen molar-refractivity contribution < 1.29 is 18.3 Å². The molecule has 0 amide bonds. The number of halogens is 3. The van der Waals surface area contributed by atoms with Crippen molar-refractivity contribution in [3.05, 3.63) is 65.7 Å². The van der Waals surface area contributed by atoms with Crippen LogP contribution in [-0.2, 0) is 0 Å². The van der Waals surface area contributed by atoms with Gasteiger partial charge in [0, 0.05) is 18.0 Å². The van der Waals surface area contributed by atoms with E-state index in [0.29, 0.717) is 17.9 Å². The van der Waals surface area contributed by atoms with Gasteiger partial charge >= 0.3 is 0 Å². The molecule has 2 aromatic carbocycles. The van der Waals surface area contributed by atoms with E-state index in [4.69, 9.17) is 4.74 Å². The fraction of sp³-hybridized carbons (Fsp3) is 0.381. The minimum absolute atomic E-state index is 0. The monoisotopic (exact) mass is 395 g/mol. The van der Waals surface area contributed by atoms with Crippen molar-refractivity contribution in [2.24, 2.45) is 5.92 Å². The van der Waals surface area contributed by atoms with Gasteiger partial charge in [0.25, 0.3) is 0 Å². The van der Waals surface area contributed by atoms with Gasteiger partial charge in [-0.2, -0.15) is 0 Å². The van der Waals surface area contributed by atoms with Gasteiger partial charge in [0.2, 0.25) is 0 Å². The van der Waals surface area contributed by atoms with E-state index in [-0.39, 0.29) is 35.7 Å². The maximum atomic E-state index is 13.0. The molecular formula is C21H24ClF2NO2. The van der Waals surface area contributed by atoms with Crippen LogP contribution in [0.25, 0.3) is 0 Å². The topological polar surface area (TPSA) is 29.5 Å². The second kappa shape index (κ2) is 10.4. The molecule has 0 bridgehead atoms. The molecule has 3 rings (SSSR count). The zero-order chi connectivity index (χ0) is 18.4. The Morgan fingerprint density at radius 2 is 1.52 bits per heavy atom. The van der Waals surface area contributed by atoms with Gasteiger partial charge in [0.1, 0.15) is 17.4 Å². The first-order valence-corrected chi connectivity index (χ1v) is 9.02. The van der Waals surface area contributed by atoms with Gasteiger partial charge < -0.3 is 9.64 Å². The predicted molar refractivity (Wildman–Crippen MR) is 104 cm³/mol. The number of benzene rings is 2. The van der Waals surface area contributed by atoms with E-state index in [0.717, 1.165) is 38.9 Å². The number of carbonyl (C=O) groups excluding carboxylic acids is 1. The van der Waals surface area contributed by atoms with Gasteiger partial charge in [0.05, 0.1) is 6.61 Å². The van der Waals surface area contributed by atoms with Crippen molar-refractivity contribution in [1.82, 2.24) is 4.90 Å². The van der Waals surface area contributed by atoms with Crippen LogP contribution >= 0.6 is 12.4 Å². The Kier molecular flexibility index (Phi) is 8.20. The van der Waals surface area contributed by atoms with Gasteiger partial charge in [-0.1, -0.05) is 0 Å². The van der Waals surface area contributed by atoms with E-state index in [1.165, 1.54) is 24.3 Å². The summed E-state index contributed by atoms with van der Waals surface area (Å²) in [6.07, 6.45) is 2.54. The lowest BCUT2D eigenvalue weighted by atomic mass is 9.89. The highest BCUT2D eigenvalue weighted by Gasteiger charge is 2.25. The van der Waals surface area contributed by atoms with E-state index in [2.05, 4.69) is 4.90 Å². The SMILES string of the molecule is Cl.O=C(c1ccc(F)cc1)C1CCN(CCCOc2ccc(F)cc2)CC1. The molecule has 2 aromatic rings. The number of piperidine rings is 1.